The highest BCUT2D eigenvalue weighted by Crippen LogP contribution is 2.21. The van der Waals surface area contributed by atoms with Crippen molar-refractivity contribution in [2.75, 3.05) is 13.2 Å². The third-order valence-electron chi connectivity index (χ3n) is 6.08. The van der Waals surface area contributed by atoms with E-state index in [1.807, 2.05) is 93.6 Å². The number of nitrogens with zero attached hydrogens (tertiary/aromatic N) is 1. The van der Waals surface area contributed by atoms with E-state index in [2.05, 4.69) is 5.32 Å². The molecule has 0 bridgehead atoms. The number of benzene rings is 3. The van der Waals surface area contributed by atoms with E-state index in [4.69, 9.17) is 16.3 Å². The van der Waals surface area contributed by atoms with Gasteiger partial charge in [-0.2, -0.15) is 0 Å². The van der Waals surface area contributed by atoms with Crippen molar-refractivity contribution in [3.63, 3.8) is 0 Å². The van der Waals surface area contributed by atoms with Crippen LogP contribution in [0.1, 0.15) is 43.4 Å². The number of halogens is 1. The molecule has 0 aliphatic rings. The van der Waals surface area contributed by atoms with Gasteiger partial charge in [0.15, 0.2) is 0 Å². The van der Waals surface area contributed by atoms with Crippen LogP contribution in [0.25, 0.3) is 0 Å². The van der Waals surface area contributed by atoms with Crippen LogP contribution in [-0.2, 0) is 22.6 Å². The standard InChI is InChI=1S/C31H37ClN2O3/c1-23(2)21-33-31(36)29(20-25-10-5-4-6-11-25)34(22-26-12-7-8-13-28(26)32)30(35)14-9-19-37-27-17-15-24(3)16-18-27/h4-8,10-13,15-18,23,29H,9,14,19-22H2,1-3H3,(H,33,36). The number of amides is 2. The van der Waals surface area contributed by atoms with Crippen molar-refractivity contribution in [2.24, 2.45) is 5.92 Å². The number of carbonyl (C=O) groups is 2. The van der Waals surface area contributed by atoms with Crippen LogP contribution in [0.3, 0.4) is 0 Å². The molecule has 196 valence electrons. The fourth-order valence-electron chi connectivity index (χ4n) is 3.98. The van der Waals surface area contributed by atoms with E-state index in [0.717, 1.165) is 22.4 Å². The first-order valence-electron chi connectivity index (χ1n) is 12.9. The summed E-state index contributed by atoms with van der Waals surface area (Å²) in [6.07, 6.45) is 1.22. The van der Waals surface area contributed by atoms with E-state index in [9.17, 15) is 9.59 Å². The summed E-state index contributed by atoms with van der Waals surface area (Å²) in [7, 11) is 0. The van der Waals surface area contributed by atoms with Crippen LogP contribution in [0.4, 0.5) is 0 Å². The van der Waals surface area contributed by atoms with Gasteiger partial charge < -0.3 is 15.0 Å². The maximum Gasteiger partial charge on any atom is 0.243 e. The van der Waals surface area contributed by atoms with Crippen molar-refractivity contribution < 1.29 is 14.3 Å². The van der Waals surface area contributed by atoms with Crippen molar-refractivity contribution in [1.82, 2.24) is 10.2 Å². The number of hydrogen-bond acceptors (Lipinski definition) is 3. The van der Waals surface area contributed by atoms with Gasteiger partial charge in [0.05, 0.1) is 6.61 Å². The topological polar surface area (TPSA) is 58.6 Å². The van der Waals surface area contributed by atoms with Gasteiger partial charge in [0.25, 0.3) is 0 Å². The van der Waals surface area contributed by atoms with E-state index in [1.165, 1.54) is 0 Å². The molecule has 1 atom stereocenters. The van der Waals surface area contributed by atoms with Gasteiger partial charge in [-0.25, -0.2) is 0 Å². The first-order valence-corrected chi connectivity index (χ1v) is 13.2. The Labute approximate surface area is 225 Å². The molecule has 5 nitrogen and oxygen atoms in total. The largest absolute Gasteiger partial charge is 0.494 e. The first kappa shape index (κ1) is 28.3. The average Bonchev–Trinajstić information content (AvgIpc) is 2.89. The van der Waals surface area contributed by atoms with Gasteiger partial charge in [-0.1, -0.05) is 91.7 Å². The summed E-state index contributed by atoms with van der Waals surface area (Å²) in [4.78, 5) is 28.8. The second kappa shape index (κ2) is 14.4. The van der Waals surface area contributed by atoms with Crippen molar-refractivity contribution in [2.45, 2.75) is 52.6 Å². The highest BCUT2D eigenvalue weighted by atomic mass is 35.5. The minimum Gasteiger partial charge on any atom is -0.494 e. The van der Waals surface area contributed by atoms with Crippen molar-refractivity contribution in [1.29, 1.82) is 0 Å². The van der Waals surface area contributed by atoms with Gasteiger partial charge in [-0.05, 0) is 48.6 Å². The number of aryl methyl sites for hydroxylation is 1. The number of rotatable bonds is 13. The molecule has 0 saturated carbocycles. The lowest BCUT2D eigenvalue weighted by atomic mass is 10.0. The molecule has 0 aliphatic carbocycles. The molecule has 3 aromatic rings. The van der Waals surface area contributed by atoms with Crippen molar-refractivity contribution >= 4 is 23.4 Å². The molecule has 0 spiro atoms. The summed E-state index contributed by atoms with van der Waals surface area (Å²) in [5.74, 6) is 0.816. The zero-order valence-corrected chi connectivity index (χ0v) is 22.7. The van der Waals surface area contributed by atoms with E-state index < -0.39 is 6.04 Å². The summed E-state index contributed by atoms with van der Waals surface area (Å²) in [6.45, 7) is 7.34. The maximum atomic E-state index is 13.6. The second-order valence-electron chi connectivity index (χ2n) is 9.72. The molecule has 1 unspecified atom stereocenters. The van der Waals surface area contributed by atoms with Crippen molar-refractivity contribution in [3.05, 3.63) is 101 Å². The zero-order chi connectivity index (χ0) is 26.6. The smallest absolute Gasteiger partial charge is 0.243 e. The van der Waals surface area contributed by atoms with Crippen LogP contribution in [0, 0.1) is 12.8 Å². The fourth-order valence-corrected chi connectivity index (χ4v) is 4.17. The van der Waals surface area contributed by atoms with Crippen LogP contribution in [-0.4, -0.2) is 35.9 Å². The van der Waals surface area contributed by atoms with Gasteiger partial charge in [0, 0.05) is 31.0 Å². The predicted octanol–water partition coefficient (Wildman–Crippen LogP) is 6.22. The van der Waals surface area contributed by atoms with Gasteiger partial charge in [0.2, 0.25) is 11.8 Å². The Kier molecular flexibility index (Phi) is 11.0. The molecule has 1 N–H and O–H groups in total. The SMILES string of the molecule is Cc1ccc(OCCCC(=O)N(Cc2ccccc2Cl)C(Cc2ccccc2)C(=O)NCC(C)C)cc1. The highest BCUT2D eigenvalue weighted by Gasteiger charge is 2.30. The minimum absolute atomic E-state index is 0.104. The molecule has 0 radical (unpaired) electrons. The Morgan fingerprint density at radius 2 is 1.62 bits per heavy atom. The molecule has 0 fully saturated rings. The highest BCUT2D eigenvalue weighted by molar-refractivity contribution is 6.31. The molecule has 0 heterocycles. The molecule has 2 amide bonds. The predicted molar refractivity (Wildman–Crippen MR) is 150 cm³/mol. The molecule has 0 aliphatic heterocycles. The van der Waals surface area contributed by atoms with E-state index >= 15 is 0 Å². The Balaban J connectivity index is 1.79. The maximum absolute atomic E-state index is 13.6. The molecule has 6 heteroatoms. The van der Waals surface area contributed by atoms with Gasteiger partial charge >= 0.3 is 0 Å². The summed E-state index contributed by atoms with van der Waals surface area (Å²) in [5, 5.41) is 3.61. The molecule has 0 aromatic heterocycles. The molecule has 3 aromatic carbocycles. The van der Waals surface area contributed by atoms with Crippen LogP contribution < -0.4 is 10.1 Å². The van der Waals surface area contributed by atoms with Crippen LogP contribution in [0.5, 0.6) is 5.75 Å². The number of hydrogen-bond donors (Lipinski definition) is 1. The fraction of sp³-hybridized carbons (Fsp3) is 0.355. The van der Waals surface area contributed by atoms with Crippen LogP contribution in [0.2, 0.25) is 5.02 Å². The average molecular weight is 521 g/mol. The third-order valence-corrected chi connectivity index (χ3v) is 6.45. The summed E-state index contributed by atoms with van der Waals surface area (Å²) < 4.78 is 5.83. The lowest BCUT2D eigenvalue weighted by Crippen LogP contribution is -2.51. The summed E-state index contributed by atoms with van der Waals surface area (Å²) >= 11 is 6.47. The zero-order valence-electron chi connectivity index (χ0n) is 22.0. The Morgan fingerprint density at radius 1 is 0.946 bits per heavy atom. The Morgan fingerprint density at radius 3 is 2.30 bits per heavy atom. The normalized spacial score (nSPS) is 11.7. The van der Waals surface area contributed by atoms with Crippen LogP contribution >= 0.6 is 11.6 Å². The van der Waals surface area contributed by atoms with Crippen molar-refractivity contribution in [3.8, 4) is 5.75 Å². The van der Waals surface area contributed by atoms with Gasteiger partial charge in [0.1, 0.15) is 11.8 Å². The number of nitrogens with one attached hydrogen (secondary N) is 1. The molecule has 0 saturated heterocycles. The van der Waals surface area contributed by atoms with Gasteiger partial charge in [-0.15, -0.1) is 0 Å². The number of carbonyl (C=O) groups excluding carboxylic acids is 2. The molecule has 3 rings (SSSR count). The molecular weight excluding hydrogens is 484 g/mol. The Bertz CT molecular complexity index is 1130. The van der Waals surface area contributed by atoms with Gasteiger partial charge in [-0.3, -0.25) is 9.59 Å². The van der Waals surface area contributed by atoms with Crippen LogP contribution in [0.15, 0.2) is 78.9 Å². The third kappa shape index (κ3) is 9.25. The van der Waals surface area contributed by atoms with E-state index in [0.29, 0.717) is 36.9 Å². The summed E-state index contributed by atoms with van der Waals surface area (Å²) in [6, 6.07) is 24.4. The minimum atomic E-state index is -0.664. The quantitative estimate of drug-likeness (QED) is 0.272. The second-order valence-corrected chi connectivity index (χ2v) is 10.1. The van der Waals surface area contributed by atoms with E-state index in [-0.39, 0.29) is 24.8 Å². The lowest BCUT2D eigenvalue weighted by Gasteiger charge is -2.32. The van der Waals surface area contributed by atoms with E-state index in [1.54, 1.807) is 11.0 Å². The lowest BCUT2D eigenvalue weighted by molar-refractivity contribution is -0.141. The monoisotopic (exact) mass is 520 g/mol. The molecular formula is C31H37ClN2O3. The summed E-state index contributed by atoms with van der Waals surface area (Å²) in [5.41, 5.74) is 2.97. The first-order chi connectivity index (χ1) is 17.8. The molecule has 37 heavy (non-hydrogen) atoms. The Hall–Kier alpha value is -3.31. The number of ether oxygens (including phenoxy) is 1.